The van der Waals surface area contributed by atoms with Crippen molar-refractivity contribution in [2.24, 2.45) is 4.99 Å². The summed E-state index contributed by atoms with van der Waals surface area (Å²) in [7, 11) is 0. The summed E-state index contributed by atoms with van der Waals surface area (Å²) in [6.07, 6.45) is 1.79. The van der Waals surface area contributed by atoms with Gasteiger partial charge in [-0.05, 0) is 42.3 Å². The van der Waals surface area contributed by atoms with Gasteiger partial charge in [0.2, 0.25) is 5.55 Å². The highest BCUT2D eigenvalue weighted by Gasteiger charge is 2.16. The van der Waals surface area contributed by atoms with Gasteiger partial charge in [-0.15, -0.1) is 0 Å². The van der Waals surface area contributed by atoms with Crippen LogP contribution < -0.4 is 16.3 Å². The second-order valence-electron chi connectivity index (χ2n) is 6.57. The van der Waals surface area contributed by atoms with Crippen molar-refractivity contribution in [3.05, 3.63) is 110 Å². The van der Waals surface area contributed by atoms with Crippen molar-refractivity contribution in [3.8, 4) is 11.1 Å². The van der Waals surface area contributed by atoms with Crippen LogP contribution in [0.4, 0.5) is 5.69 Å². The van der Waals surface area contributed by atoms with Crippen LogP contribution in [0.3, 0.4) is 0 Å². The molecule has 0 amide bonds. The van der Waals surface area contributed by atoms with E-state index in [9.17, 15) is 4.79 Å². The minimum atomic E-state index is -0.376. The van der Waals surface area contributed by atoms with Crippen LogP contribution in [0.15, 0.2) is 80.9 Å². The van der Waals surface area contributed by atoms with E-state index in [2.05, 4.69) is 16.0 Å². The molecule has 0 saturated carbocycles. The Balaban J connectivity index is 1.80. The van der Waals surface area contributed by atoms with Gasteiger partial charge in [-0.25, -0.2) is 9.79 Å². The molecule has 0 unspecified atom stereocenters. The van der Waals surface area contributed by atoms with Gasteiger partial charge in [0.1, 0.15) is 5.35 Å². The molecule has 4 nitrogen and oxygen atoms in total. The van der Waals surface area contributed by atoms with Gasteiger partial charge in [-0.3, -0.25) is 0 Å². The van der Waals surface area contributed by atoms with Gasteiger partial charge in [-0.2, -0.15) is 0 Å². The Labute approximate surface area is 154 Å². The van der Waals surface area contributed by atoms with Crippen molar-refractivity contribution < 1.29 is 4.42 Å². The summed E-state index contributed by atoms with van der Waals surface area (Å²) in [4.78, 5) is 20.1. The average Bonchev–Trinajstić information content (AvgIpc) is 3.24. The average molecular weight is 352 g/mol. The minimum absolute atomic E-state index is 0.376. The van der Waals surface area contributed by atoms with Crippen molar-refractivity contribution in [3.63, 3.8) is 0 Å². The maximum atomic E-state index is 12.3. The van der Waals surface area contributed by atoms with Crippen molar-refractivity contribution in [2.45, 2.75) is 6.92 Å². The summed E-state index contributed by atoms with van der Waals surface area (Å²) in [5.74, 6) is 0. The third-order valence-electron chi connectivity index (χ3n) is 4.88. The molecular formula is C23H16N2O2. The lowest BCUT2D eigenvalue weighted by molar-refractivity contribution is 0.489. The van der Waals surface area contributed by atoms with Crippen LogP contribution in [0.25, 0.3) is 17.2 Å². The molecule has 1 aliphatic rings. The number of aromatic amines is 1. The van der Waals surface area contributed by atoms with Crippen LogP contribution >= 0.6 is 0 Å². The topological polar surface area (TPSA) is 58.4 Å². The summed E-state index contributed by atoms with van der Waals surface area (Å²) >= 11 is 0. The van der Waals surface area contributed by atoms with E-state index < -0.39 is 0 Å². The van der Waals surface area contributed by atoms with Crippen LogP contribution in [0.1, 0.15) is 11.1 Å². The molecule has 1 N–H and O–H groups in total. The molecule has 2 heterocycles. The molecule has 27 heavy (non-hydrogen) atoms. The number of oxazole rings is 1. The number of para-hydroxylation sites is 1. The van der Waals surface area contributed by atoms with E-state index in [1.165, 1.54) is 0 Å². The van der Waals surface area contributed by atoms with Gasteiger partial charge in [0.25, 0.3) is 0 Å². The molecule has 3 aromatic carbocycles. The molecule has 1 aliphatic heterocycles. The third-order valence-corrected chi connectivity index (χ3v) is 4.88. The predicted octanol–water partition coefficient (Wildman–Crippen LogP) is 3.32. The number of H-pyrrole nitrogens is 1. The Morgan fingerprint density at radius 1 is 0.963 bits per heavy atom. The Kier molecular flexibility index (Phi) is 3.44. The fraction of sp³-hybridized carbons (Fsp3) is 0.0435. The molecule has 1 aromatic heterocycles. The Morgan fingerprint density at radius 3 is 2.59 bits per heavy atom. The van der Waals surface area contributed by atoms with E-state index in [1.807, 2.05) is 67.6 Å². The van der Waals surface area contributed by atoms with E-state index in [-0.39, 0.29) is 5.63 Å². The molecular weight excluding hydrogens is 336 g/mol. The molecule has 0 atom stereocenters. The number of benzene rings is 3. The first-order valence-corrected chi connectivity index (χ1v) is 8.79. The molecule has 4 heteroatoms. The van der Waals surface area contributed by atoms with Crippen LogP contribution in [0.5, 0.6) is 0 Å². The molecule has 0 fully saturated rings. The maximum Gasteiger partial charge on any atom is 0.361 e. The number of hydrogen-bond donors (Lipinski definition) is 1. The number of nitrogens with zero attached hydrogens (tertiary/aromatic N) is 1. The highest BCUT2D eigenvalue weighted by Crippen LogP contribution is 2.34. The van der Waals surface area contributed by atoms with Gasteiger partial charge in [0, 0.05) is 16.3 Å². The largest absolute Gasteiger partial charge is 0.404 e. The summed E-state index contributed by atoms with van der Waals surface area (Å²) in [5, 5.41) is 2.24. The second kappa shape index (κ2) is 5.95. The summed E-state index contributed by atoms with van der Waals surface area (Å²) in [6, 6.07) is 21.7. The van der Waals surface area contributed by atoms with Gasteiger partial charge in [0.05, 0.1) is 11.0 Å². The minimum Gasteiger partial charge on any atom is -0.404 e. The summed E-state index contributed by atoms with van der Waals surface area (Å²) < 4.78 is 5.53. The van der Waals surface area contributed by atoms with Crippen molar-refractivity contribution in [1.82, 2.24) is 4.98 Å². The fourth-order valence-electron chi connectivity index (χ4n) is 3.57. The molecule has 4 aromatic rings. The van der Waals surface area contributed by atoms with E-state index in [0.29, 0.717) is 10.9 Å². The van der Waals surface area contributed by atoms with E-state index >= 15 is 0 Å². The van der Waals surface area contributed by atoms with Gasteiger partial charge in [-0.1, -0.05) is 48.5 Å². The normalized spacial score (nSPS) is 13.9. The van der Waals surface area contributed by atoms with Crippen molar-refractivity contribution in [1.29, 1.82) is 0 Å². The smallest absolute Gasteiger partial charge is 0.361 e. The standard InChI is InChI=1S/C23H16N2O2/c1-14-16(11-12-19-21(14)17-9-5-6-10-18(17)24-19)22-25-20(23(26)27-22)13-15-7-3-2-4-8-15/h2-13,25H,1H3/b20-13-,22-16-. The zero-order chi connectivity index (χ0) is 18.4. The highest BCUT2D eigenvalue weighted by molar-refractivity contribution is 5.81. The Morgan fingerprint density at radius 2 is 1.74 bits per heavy atom. The number of fused-ring (bicyclic) bond motifs is 3. The maximum absolute atomic E-state index is 12.3. The van der Waals surface area contributed by atoms with Gasteiger partial charge in [0.15, 0.2) is 0 Å². The molecule has 0 saturated heterocycles. The number of nitrogens with one attached hydrogen (secondary N) is 1. The zero-order valence-corrected chi connectivity index (χ0v) is 14.7. The second-order valence-corrected chi connectivity index (χ2v) is 6.57. The number of rotatable bonds is 1. The Hall–Kier alpha value is -3.66. The molecule has 0 radical (unpaired) electrons. The van der Waals surface area contributed by atoms with Gasteiger partial charge >= 0.3 is 5.63 Å². The zero-order valence-electron chi connectivity index (χ0n) is 14.7. The first-order chi connectivity index (χ1) is 13.2. The van der Waals surface area contributed by atoms with Crippen molar-refractivity contribution >= 4 is 11.8 Å². The Bertz CT molecular complexity index is 1440. The van der Waals surface area contributed by atoms with Crippen LogP contribution in [-0.4, -0.2) is 4.98 Å². The molecule has 0 spiro atoms. The summed E-state index contributed by atoms with van der Waals surface area (Å²) in [6.45, 7) is 2.03. The first kappa shape index (κ1) is 15.6. The van der Waals surface area contributed by atoms with Crippen molar-refractivity contribution in [2.75, 3.05) is 0 Å². The lowest BCUT2D eigenvalue weighted by Gasteiger charge is -2.03. The monoisotopic (exact) mass is 352 g/mol. The molecule has 5 rings (SSSR count). The fourth-order valence-corrected chi connectivity index (χ4v) is 3.57. The third kappa shape index (κ3) is 2.54. The molecule has 0 aliphatic carbocycles. The highest BCUT2D eigenvalue weighted by atomic mass is 16.4. The quantitative estimate of drug-likeness (QED) is 0.503. The van der Waals surface area contributed by atoms with E-state index in [1.54, 1.807) is 6.08 Å². The molecule has 130 valence electrons. The van der Waals surface area contributed by atoms with Gasteiger partial charge < -0.3 is 9.40 Å². The number of hydrogen-bond acceptors (Lipinski definition) is 3. The van der Waals surface area contributed by atoms with Crippen LogP contribution in [0, 0.1) is 17.7 Å². The lowest BCUT2D eigenvalue weighted by atomic mass is 9.99. The number of aromatic nitrogens is 1. The van der Waals surface area contributed by atoms with Crippen LogP contribution in [-0.2, 0) is 0 Å². The van der Waals surface area contributed by atoms with E-state index in [0.717, 1.165) is 38.5 Å². The predicted molar refractivity (Wildman–Crippen MR) is 104 cm³/mol. The molecule has 0 bridgehead atoms. The van der Waals surface area contributed by atoms with E-state index in [4.69, 9.17) is 4.42 Å². The lowest BCUT2D eigenvalue weighted by Crippen LogP contribution is -2.20. The summed E-state index contributed by atoms with van der Waals surface area (Å²) in [5.41, 5.74) is 5.24. The SMILES string of the molecule is Cc1c2c(cc/c1=c1\[nH]/c(=C\c3ccccc3)c(=O)o1)=Nc1ccccc1-2. The van der Waals surface area contributed by atoms with Crippen LogP contribution in [0.2, 0.25) is 0 Å². The first-order valence-electron chi connectivity index (χ1n) is 8.79.